The first kappa shape index (κ1) is 14.0. The molecule has 0 saturated carbocycles. The lowest BCUT2D eigenvalue weighted by Crippen LogP contribution is -2.13. The zero-order valence-electron chi connectivity index (χ0n) is 10.2. The van der Waals surface area contributed by atoms with Crippen LogP contribution in [0.5, 0.6) is 0 Å². The molecule has 0 bridgehead atoms. The summed E-state index contributed by atoms with van der Waals surface area (Å²) in [4.78, 5) is 17.9. The van der Waals surface area contributed by atoms with Crippen molar-refractivity contribution < 1.29 is 4.92 Å². The molecule has 0 fully saturated rings. The van der Waals surface area contributed by atoms with Gasteiger partial charge in [0, 0.05) is 11.6 Å². The molecule has 0 atom stereocenters. The van der Waals surface area contributed by atoms with Crippen molar-refractivity contribution in [1.82, 2.24) is 9.97 Å². The van der Waals surface area contributed by atoms with E-state index in [0.29, 0.717) is 11.6 Å². The molecule has 9 heteroatoms. The van der Waals surface area contributed by atoms with E-state index in [4.69, 9.17) is 17.4 Å². The van der Waals surface area contributed by atoms with Gasteiger partial charge in [-0.1, -0.05) is 29.8 Å². The van der Waals surface area contributed by atoms with E-state index in [1.54, 1.807) is 12.1 Å². The van der Waals surface area contributed by atoms with Crippen molar-refractivity contribution in [3.8, 4) is 0 Å². The fraction of sp³-hybridized carbons (Fsp3) is 0.0909. The fourth-order valence-corrected chi connectivity index (χ4v) is 1.73. The average molecular weight is 295 g/mol. The van der Waals surface area contributed by atoms with Crippen LogP contribution in [0.15, 0.2) is 30.5 Å². The van der Waals surface area contributed by atoms with Crippen molar-refractivity contribution in [2.75, 3.05) is 10.7 Å². The number of nitrogen functional groups attached to an aromatic ring is 1. The van der Waals surface area contributed by atoms with Gasteiger partial charge in [-0.2, -0.15) is 4.98 Å². The first-order chi connectivity index (χ1) is 9.61. The molecule has 0 amide bonds. The Balaban J connectivity index is 2.24. The second kappa shape index (κ2) is 6.13. The van der Waals surface area contributed by atoms with E-state index in [1.807, 2.05) is 12.1 Å². The smallest absolute Gasteiger partial charge is 0.329 e. The number of benzene rings is 1. The summed E-state index contributed by atoms with van der Waals surface area (Å²) in [6.45, 7) is 0.293. The Hall–Kier alpha value is -2.45. The molecule has 0 aliphatic carbocycles. The van der Waals surface area contributed by atoms with Gasteiger partial charge in [0.2, 0.25) is 11.8 Å². The molecular formula is C11H11ClN6O2. The van der Waals surface area contributed by atoms with Crippen molar-refractivity contribution in [3.63, 3.8) is 0 Å². The van der Waals surface area contributed by atoms with Gasteiger partial charge in [0.25, 0.3) is 0 Å². The molecule has 0 radical (unpaired) electrons. The Bertz CT molecular complexity index is 636. The zero-order valence-corrected chi connectivity index (χ0v) is 11.0. The molecule has 4 N–H and O–H groups in total. The van der Waals surface area contributed by atoms with Crippen LogP contribution in [0.2, 0.25) is 5.02 Å². The third-order valence-corrected chi connectivity index (χ3v) is 2.87. The summed E-state index contributed by atoms with van der Waals surface area (Å²) < 4.78 is 0. The highest BCUT2D eigenvalue weighted by Gasteiger charge is 2.17. The number of nitrogens with one attached hydrogen (secondary N) is 2. The van der Waals surface area contributed by atoms with Crippen molar-refractivity contribution in [3.05, 3.63) is 51.2 Å². The quantitative estimate of drug-likeness (QED) is 0.438. The summed E-state index contributed by atoms with van der Waals surface area (Å²) in [5.74, 6) is 5.33. The van der Waals surface area contributed by atoms with Crippen LogP contribution in [-0.4, -0.2) is 14.9 Å². The highest BCUT2D eigenvalue weighted by molar-refractivity contribution is 6.31. The predicted octanol–water partition coefficient (Wildman–Crippen LogP) is 1.94. The van der Waals surface area contributed by atoms with Crippen LogP contribution >= 0.6 is 11.6 Å². The fourth-order valence-electron chi connectivity index (χ4n) is 1.53. The molecule has 2 aromatic rings. The maximum Gasteiger partial charge on any atom is 0.329 e. The third kappa shape index (κ3) is 3.11. The van der Waals surface area contributed by atoms with Crippen molar-refractivity contribution in [2.24, 2.45) is 5.84 Å². The minimum Gasteiger partial charge on any atom is -0.360 e. The van der Waals surface area contributed by atoms with Crippen LogP contribution < -0.4 is 16.6 Å². The predicted molar refractivity (Wildman–Crippen MR) is 75.3 cm³/mol. The molecule has 0 aliphatic heterocycles. The minimum atomic E-state index is -0.574. The van der Waals surface area contributed by atoms with Gasteiger partial charge < -0.3 is 5.32 Å². The number of nitrogens with two attached hydrogens (primary N) is 1. The van der Waals surface area contributed by atoms with Gasteiger partial charge in [-0.05, 0) is 11.6 Å². The van der Waals surface area contributed by atoms with Gasteiger partial charge >= 0.3 is 5.69 Å². The number of rotatable bonds is 5. The van der Waals surface area contributed by atoms with E-state index in [9.17, 15) is 10.1 Å². The van der Waals surface area contributed by atoms with E-state index in [0.717, 1.165) is 11.8 Å². The first-order valence-electron chi connectivity index (χ1n) is 5.57. The van der Waals surface area contributed by atoms with Crippen LogP contribution in [0.1, 0.15) is 5.56 Å². The highest BCUT2D eigenvalue weighted by atomic mass is 35.5. The first-order valence-corrected chi connectivity index (χ1v) is 5.95. The number of hydrogen-bond donors (Lipinski definition) is 3. The highest BCUT2D eigenvalue weighted by Crippen LogP contribution is 2.23. The molecule has 8 nitrogen and oxygen atoms in total. The molecule has 1 heterocycles. The number of halogens is 1. The third-order valence-electron chi connectivity index (χ3n) is 2.50. The maximum atomic E-state index is 10.9. The topological polar surface area (TPSA) is 119 Å². The summed E-state index contributed by atoms with van der Waals surface area (Å²) in [7, 11) is 0. The number of aromatic nitrogens is 2. The van der Waals surface area contributed by atoms with Gasteiger partial charge in [-0.15, -0.1) is 0 Å². The number of nitrogens with zero attached hydrogens (tertiary/aromatic N) is 3. The number of hydrazine groups is 1. The van der Waals surface area contributed by atoms with Crippen LogP contribution in [0.3, 0.4) is 0 Å². The molecular weight excluding hydrogens is 284 g/mol. The summed E-state index contributed by atoms with van der Waals surface area (Å²) in [6, 6.07) is 7.17. The van der Waals surface area contributed by atoms with E-state index >= 15 is 0 Å². The van der Waals surface area contributed by atoms with Gasteiger partial charge in [0.1, 0.15) is 6.20 Å². The monoisotopic (exact) mass is 294 g/mol. The van der Waals surface area contributed by atoms with Gasteiger partial charge in [-0.3, -0.25) is 15.5 Å². The van der Waals surface area contributed by atoms with Gasteiger partial charge in [0.15, 0.2) is 0 Å². The summed E-state index contributed by atoms with van der Waals surface area (Å²) >= 11 is 6.01. The zero-order chi connectivity index (χ0) is 14.5. The molecule has 1 aromatic carbocycles. The van der Waals surface area contributed by atoms with Crippen molar-refractivity contribution in [1.29, 1.82) is 0 Å². The van der Waals surface area contributed by atoms with Crippen molar-refractivity contribution in [2.45, 2.75) is 6.54 Å². The summed E-state index contributed by atoms with van der Waals surface area (Å²) in [5, 5.41) is 14.3. The Kier molecular flexibility index (Phi) is 4.28. The molecule has 0 spiro atoms. The lowest BCUT2D eigenvalue weighted by Gasteiger charge is -2.08. The number of hydrogen-bond acceptors (Lipinski definition) is 7. The SMILES string of the molecule is NNc1ncc([N+](=O)[O-])c(NCc2ccccc2Cl)n1. The molecule has 20 heavy (non-hydrogen) atoms. The second-order valence-corrected chi connectivity index (χ2v) is 4.18. The number of anilines is 2. The summed E-state index contributed by atoms with van der Waals surface area (Å²) in [5.41, 5.74) is 2.79. The number of nitro groups is 1. The van der Waals surface area contributed by atoms with Crippen LogP contribution in [0.4, 0.5) is 17.5 Å². The Morgan fingerprint density at radius 2 is 2.15 bits per heavy atom. The lowest BCUT2D eigenvalue weighted by molar-refractivity contribution is -0.384. The molecule has 0 unspecified atom stereocenters. The molecule has 0 saturated heterocycles. The normalized spacial score (nSPS) is 10.1. The largest absolute Gasteiger partial charge is 0.360 e. The summed E-state index contributed by atoms with van der Waals surface area (Å²) in [6.07, 6.45) is 1.08. The second-order valence-electron chi connectivity index (χ2n) is 3.77. The Labute approximate surface area is 119 Å². The maximum absolute atomic E-state index is 10.9. The van der Waals surface area contributed by atoms with Crippen molar-refractivity contribution >= 4 is 29.1 Å². The Morgan fingerprint density at radius 3 is 2.80 bits per heavy atom. The van der Waals surface area contributed by atoms with E-state index < -0.39 is 4.92 Å². The standard InChI is InChI=1S/C11H11ClN6O2/c12-8-4-2-1-3-7(8)5-14-10-9(18(19)20)6-15-11(16-10)17-13/h1-4,6H,5,13H2,(H2,14,15,16,17). The average Bonchev–Trinajstić information content (AvgIpc) is 2.46. The van der Waals surface area contributed by atoms with E-state index in [-0.39, 0.29) is 17.5 Å². The van der Waals surface area contributed by atoms with Crippen LogP contribution in [-0.2, 0) is 6.54 Å². The van der Waals surface area contributed by atoms with Crippen LogP contribution in [0, 0.1) is 10.1 Å². The van der Waals surface area contributed by atoms with E-state index in [2.05, 4.69) is 20.7 Å². The molecule has 1 aromatic heterocycles. The van der Waals surface area contributed by atoms with Gasteiger partial charge in [0.05, 0.1) is 4.92 Å². The van der Waals surface area contributed by atoms with Gasteiger partial charge in [-0.25, -0.2) is 10.8 Å². The molecule has 2 rings (SSSR count). The molecule has 104 valence electrons. The van der Waals surface area contributed by atoms with E-state index in [1.165, 1.54) is 0 Å². The van der Waals surface area contributed by atoms with Crippen LogP contribution in [0.25, 0.3) is 0 Å². The molecule has 0 aliphatic rings. The Morgan fingerprint density at radius 1 is 1.40 bits per heavy atom. The minimum absolute atomic E-state index is 0.0675. The lowest BCUT2D eigenvalue weighted by atomic mass is 10.2.